The first-order valence-corrected chi connectivity index (χ1v) is 9.98. The standard InChI is InChI=1S/C13H13BFN5O4S2/c1-8-12(14)10-5-4-9(15)6-11(10)20(8)25(21,22)13-16-7-19(17-13)26(23,24)18(2)3/h4-7H,1-3H3. The van der Waals surface area contributed by atoms with Gasteiger partial charge in [-0.15, -0.1) is 9.19 Å². The Labute approximate surface area is 150 Å². The van der Waals surface area contributed by atoms with Gasteiger partial charge < -0.3 is 0 Å². The van der Waals surface area contributed by atoms with Crippen LogP contribution in [0, 0.1) is 12.7 Å². The van der Waals surface area contributed by atoms with E-state index in [1.807, 2.05) is 0 Å². The fourth-order valence-corrected chi connectivity index (χ4v) is 4.55. The van der Waals surface area contributed by atoms with Crippen LogP contribution in [0.5, 0.6) is 0 Å². The van der Waals surface area contributed by atoms with Gasteiger partial charge in [0.15, 0.2) is 0 Å². The second-order valence-electron chi connectivity index (χ2n) is 5.62. The summed E-state index contributed by atoms with van der Waals surface area (Å²) in [6.45, 7) is 1.44. The summed E-state index contributed by atoms with van der Waals surface area (Å²) >= 11 is 0. The summed E-state index contributed by atoms with van der Waals surface area (Å²) in [5.74, 6) is -0.653. The SMILES string of the molecule is [B]c1c(C)n(S(=O)(=O)c2ncn(S(=O)(=O)N(C)C)n2)c2cc(F)ccc12. The molecule has 13 heteroatoms. The van der Waals surface area contributed by atoms with Crippen molar-refractivity contribution in [3.63, 3.8) is 0 Å². The summed E-state index contributed by atoms with van der Waals surface area (Å²) in [7, 11) is -0.00188. The maximum atomic E-state index is 13.6. The minimum absolute atomic E-state index is 0.00631. The van der Waals surface area contributed by atoms with E-state index in [2.05, 4.69) is 10.1 Å². The Balaban J connectivity index is 2.26. The van der Waals surface area contributed by atoms with Crippen LogP contribution in [-0.2, 0) is 20.2 Å². The van der Waals surface area contributed by atoms with Crippen molar-refractivity contribution in [2.45, 2.75) is 12.1 Å². The number of benzene rings is 1. The van der Waals surface area contributed by atoms with Crippen LogP contribution in [0.2, 0.25) is 0 Å². The first-order valence-electron chi connectivity index (χ1n) is 7.14. The predicted octanol–water partition coefficient (Wildman–Crippen LogP) is -0.634. The number of hydrogen-bond acceptors (Lipinski definition) is 6. The van der Waals surface area contributed by atoms with E-state index in [1.165, 1.54) is 27.1 Å². The zero-order valence-corrected chi connectivity index (χ0v) is 15.6. The lowest BCUT2D eigenvalue weighted by atomic mass is 9.93. The molecule has 0 aliphatic heterocycles. The van der Waals surface area contributed by atoms with E-state index in [4.69, 9.17) is 7.85 Å². The zero-order valence-electron chi connectivity index (χ0n) is 14.0. The van der Waals surface area contributed by atoms with Crippen LogP contribution in [0.1, 0.15) is 5.69 Å². The summed E-state index contributed by atoms with van der Waals surface area (Å²) in [6.07, 6.45) is 0.771. The van der Waals surface area contributed by atoms with E-state index in [0.717, 1.165) is 26.7 Å². The fraction of sp³-hybridized carbons (Fsp3) is 0.231. The van der Waals surface area contributed by atoms with E-state index in [1.54, 1.807) is 0 Å². The fourth-order valence-electron chi connectivity index (χ4n) is 2.41. The van der Waals surface area contributed by atoms with Gasteiger partial charge in [-0.2, -0.15) is 21.1 Å². The summed E-state index contributed by atoms with van der Waals surface area (Å²) in [5.41, 5.74) is 0.299. The maximum Gasteiger partial charge on any atom is 0.323 e. The molecule has 2 radical (unpaired) electrons. The molecule has 0 bridgehead atoms. The Morgan fingerprint density at radius 2 is 1.85 bits per heavy atom. The van der Waals surface area contributed by atoms with Crippen molar-refractivity contribution in [1.29, 1.82) is 0 Å². The normalized spacial score (nSPS) is 13.0. The molecule has 0 aliphatic rings. The molecule has 3 rings (SSSR count). The lowest BCUT2D eigenvalue weighted by molar-refractivity contribution is 0.502. The first-order chi connectivity index (χ1) is 12.0. The highest BCUT2D eigenvalue weighted by atomic mass is 32.2. The topological polar surface area (TPSA) is 107 Å². The minimum Gasteiger partial charge on any atom is -0.236 e. The maximum absolute atomic E-state index is 13.6. The smallest absolute Gasteiger partial charge is 0.236 e. The molecule has 0 fully saturated rings. The van der Waals surface area contributed by atoms with Gasteiger partial charge in [-0.3, -0.25) is 0 Å². The van der Waals surface area contributed by atoms with Crippen LogP contribution < -0.4 is 5.46 Å². The van der Waals surface area contributed by atoms with E-state index in [-0.39, 0.29) is 16.7 Å². The Bertz CT molecular complexity index is 1230. The van der Waals surface area contributed by atoms with Gasteiger partial charge in [0.25, 0.3) is 5.16 Å². The van der Waals surface area contributed by atoms with Gasteiger partial charge in [0.05, 0.1) is 5.52 Å². The zero-order chi connectivity index (χ0) is 19.4. The highest BCUT2D eigenvalue weighted by molar-refractivity contribution is 7.90. The molecule has 0 amide bonds. The molecule has 0 spiro atoms. The average Bonchev–Trinajstić information content (AvgIpc) is 3.13. The van der Waals surface area contributed by atoms with Gasteiger partial charge in [-0.05, 0) is 24.4 Å². The number of hydrogen-bond donors (Lipinski definition) is 0. The average molecular weight is 397 g/mol. The molecule has 0 unspecified atom stereocenters. The largest absolute Gasteiger partial charge is 0.323 e. The lowest BCUT2D eigenvalue weighted by Crippen LogP contribution is -2.29. The summed E-state index contributed by atoms with van der Waals surface area (Å²) < 4.78 is 65.7. The number of aromatic nitrogens is 4. The van der Waals surface area contributed by atoms with E-state index < -0.39 is 31.2 Å². The third kappa shape index (κ3) is 2.62. The van der Waals surface area contributed by atoms with Crippen molar-refractivity contribution in [1.82, 2.24) is 22.4 Å². The molecule has 2 heterocycles. The molecule has 0 saturated carbocycles. The molecule has 136 valence electrons. The molecule has 3 aromatic rings. The van der Waals surface area contributed by atoms with Gasteiger partial charge in [0.2, 0.25) is 0 Å². The Hall–Kier alpha value is -2.25. The molecule has 0 N–H and O–H groups in total. The molecule has 1 aromatic carbocycles. The number of fused-ring (bicyclic) bond motifs is 1. The van der Waals surface area contributed by atoms with E-state index in [0.29, 0.717) is 9.47 Å². The summed E-state index contributed by atoms with van der Waals surface area (Å²) in [6, 6.07) is 3.54. The van der Waals surface area contributed by atoms with Crippen LogP contribution in [0.15, 0.2) is 29.7 Å². The van der Waals surface area contributed by atoms with Gasteiger partial charge >= 0.3 is 20.2 Å². The molecule has 26 heavy (non-hydrogen) atoms. The van der Waals surface area contributed by atoms with Gasteiger partial charge in [0.1, 0.15) is 20.0 Å². The van der Waals surface area contributed by atoms with E-state index in [9.17, 15) is 21.2 Å². The molecular formula is C13H13BFN5O4S2. The summed E-state index contributed by atoms with van der Waals surface area (Å²) in [4.78, 5) is 3.60. The molecular weight excluding hydrogens is 384 g/mol. The second kappa shape index (κ2) is 5.89. The quantitative estimate of drug-likeness (QED) is 0.543. The van der Waals surface area contributed by atoms with Gasteiger partial charge in [-0.25, -0.2) is 13.3 Å². The monoisotopic (exact) mass is 397 g/mol. The Morgan fingerprint density at radius 3 is 2.46 bits per heavy atom. The molecule has 0 aliphatic carbocycles. The van der Waals surface area contributed by atoms with Gasteiger partial charge in [-0.1, -0.05) is 11.5 Å². The number of nitrogens with zero attached hydrogens (tertiary/aromatic N) is 5. The second-order valence-corrected chi connectivity index (χ2v) is 9.30. The predicted molar refractivity (Wildman–Crippen MR) is 92.6 cm³/mol. The van der Waals surface area contributed by atoms with Crippen molar-refractivity contribution in [3.8, 4) is 0 Å². The van der Waals surface area contributed by atoms with Crippen LogP contribution >= 0.6 is 0 Å². The molecule has 0 atom stereocenters. The van der Waals surface area contributed by atoms with Gasteiger partial charge in [0, 0.05) is 19.8 Å². The highest BCUT2D eigenvalue weighted by Crippen LogP contribution is 2.23. The van der Waals surface area contributed by atoms with Crippen LogP contribution in [0.25, 0.3) is 10.9 Å². The molecule has 2 aromatic heterocycles. The minimum atomic E-state index is -4.41. The van der Waals surface area contributed by atoms with Crippen LogP contribution in [-0.4, -0.2) is 61.2 Å². The summed E-state index contributed by atoms with van der Waals surface area (Å²) in [5, 5.41) is 3.15. The van der Waals surface area contributed by atoms with Crippen molar-refractivity contribution < 1.29 is 21.2 Å². The Morgan fingerprint density at radius 1 is 1.19 bits per heavy atom. The number of rotatable bonds is 4. The van der Waals surface area contributed by atoms with E-state index >= 15 is 0 Å². The van der Waals surface area contributed by atoms with Crippen LogP contribution in [0.4, 0.5) is 4.39 Å². The van der Waals surface area contributed by atoms with Crippen molar-refractivity contribution in [3.05, 3.63) is 36.0 Å². The molecule has 0 saturated heterocycles. The highest BCUT2D eigenvalue weighted by Gasteiger charge is 2.29. The Kier molecular flexibility index (Phi) is 4.20. The van der Waals surface area contributed by atoms with Crippen LogP contribution in [0.3, 0.4) is 0 Å². The van der Waals surface area contributed by atoms with Crippen molar-refractivity contribution >= 4 is 44.4 Å². The molecule has 9 nitrogen and oxygen atoms in total. The number of halogens is 1. The third-order valence-corrected chi connectivity index (χ3v) is 6.95. The first kappa shape index (κ1) is 18.5. The van der Waals surface area contributed by atoms with Crippen molar-refractivity contribution in [2.75, 3.05) is 14.1 Å². The van der Waals surface area contributed by atoms with Crippen molar-refractivity contribution in [2.24, 2.45) is 0 Å². The lowest BCUT2D eigenvalue weighted by Gasteiger charge is -2.10. The third-order valence-electron chi connectivity index (χ3n) is 3.78.